The minimum Gasteiger partial charge on any atom is -0.325 e. The number of rotatable bonds is 4. The highest BCUT2D eigenvalue weighted by Crippen LogP contribution is 2.35. The van der Waals surface area contributed by atoms with Crippen molar-refractivity contribution in [3.63, 3.8) is 0 Å². The Bertz CT molecular complexity index is 911. The molecule has 9 heteroatoms. The fourth-order valence-electron chi connectivity index (χ4n) is 2.93. The van der Waals surface area contributed by atoms with Crippen molar-refractivity contribution in [3.8, 4) is 0 Å². The first-order valence-corrected chi connectivity index (χ1v) is 9.39. The number of para-hydroxylation sites is 1. The predicted octanol–water partition coefficient (Wildman–Crippen LogP) is 3.79. The van der Waals surface area contributed by atoms with E-state index in [9.17, 15) is 22.8 Å². The molecule has 0 spiro atoms. The van der Waals surface area contributed by atoms with Gasteiger partial charge < -0.3 is 10.3 Å². The zero-order valence-corrected chi connectivity index (χ0v) is 15.3. The Morgan fingerprint density at radius 1 is 1.26 bits per heavy atom. The number of nitrogens with one attached hydrogen (secondary N) is 2. The van der Waals surface area contributed by atoms with E-state index >= 15 is 0 Å². The van der Waals surface area contributed by atoms with Gasteiger partial charge in [0.05, 0.1) is 22.2 Å². The highest BCUT2D eigenvalue weighted by Gasteiger charge is 2.34. The van der Waals surface area contributed by atoms with E-state index in [0.29, 0.717) is 23.6 Å². The van der Waals surface area contributed by atoms with E-state index < -0.39 is 22.9 Å². The number of aromatic amines is 1. The third-order valence-electron chi connectivity index (χ3n) is 4.32. The van der Waals surface area contributed by atoms with Crippen molar-refractivity contribution in [1.29, 1.82) is 0 Å². The second kappa shape index (κ2) is 7.75. The summed E-state index contributed by atoms with van der Waals surface area (Å²) in [6, 6.07) is 4.80. The number of anilines is 1. The second-order valence-electron chi connectivity index (χ2n) is 6.30. The van der Waals surface area contributed by atoms with Crippen LogP contribution in [0.4, 0.5) is 18.9 Å². The summed E-state index contributed by atoms with van der Waals surface area (Å²) in [5, 5.41) is 1.87. The summed E-state index contributed by atoms with van der Waals surface area (Å²) in [5.74, 6) is -0.600. The first-order chi connectivity index (χ1) is 12.8. The SMILES string of the molecule is CC(Sc1nc2c(c(=O)[nH]1)CCCC2)C(=O)Nc1ccccc1C(F)(F)F. The summed E-state index contributed by atoms with van der Waals surface area (Å²) in [7, 11) is 0. The molecular formula is C18H18F3N3O2S. The monoisotopic (exact) mass is 397 g/mol. The summed E-state index contributed by atoms with van der Waals surface area (Å²) in [6.45, 7) is 1.55. The van der Waals surface area contributed by atoms with Gasteiger partial charge in [-0.3, -0.25) is 9.59 Å². The van der Waals surface area contributed by atoms with Crippen molar-refractivity contribution in [2.45, 2.75) is 49.2 Å². The third-order valence-corrected chi connectivity index (χ3v) is 5.30. The number of amides is 1. The largest absolute Gasteiger partial charge is 0.418 e. The summed E-state index contributed by atoms with van der Waals surface area (Å²) < 4.78 is 39.1. The number of hydrogen-bond acceptors (Lipinski definition) is 4. The molecule has 0 radical (unpaired) electrons. The highest BCUT2D eigenvalue weighted by molar-refractivity contribution is 8.00. The van der Waals surface area contributed by atoms with Gasteiger partial charge in [-0.25, -0.2) is 4.98 Å². The molecule has 0 saturated heterocycles. The molecule has 2 aromatic rings. The maximum atomic E-state index is 13.0. The van der Waals surface area contributed by atoms with Crippen LogP contribution in [0.3, 0.4) is 0 Å². The standard InChI is InChI=1S/C18H18F3N3O2S/c1-10(15(25)22-14-9-5-3-7-12(14)18(19,20)21)27-17-23-13-8-4-2-6-11(13)16(26)24-17/h3,5,7,9-10H,2,4,6,8H2,1H3,(H,22,25)(H,23,24,26). The van der Waals surface area contributed by atoms with Gasteiger partial charge in [0.15, 0.2) is 5.16 Å². The van der Waals surface area contributed by atoms with Gasteiger partial charge >= 0.3 is 6.18 Å². The molecule has 5 nitrogen and oxygen atoms in total. The Morgan fingerprint density at radius 3 is 2.70 bits per heavy atom. The van der Waals surface area contributed by atoms with Gasteiger partial charge in [-0.1, -0.05) is 23.9 Å². The number of hydrogen-bond donors (Lipinski definition) is 2. The van der Waals surface area contributed by atoms with Gasteiger partial charge in [0, 0.05) is 5.56 Å². The van der Waals surface area contributed by atoms with E-state index in [2.05, 4.69) is 15.3 Å². The van der Waals surface area contributed by atoms with Crippen LogP contribution in [0.1, 0.15) is 36.6 Å². The van der Waals surface area contributed by atoms with Gasteiger partial charge in [-0.2, -0.15) is 13.2 Å². The van der Waals surface area contributed by atoms with Crippen LogP contribution in [-0.4, -0.2) is 21.1 Å². The number of benzene rings is 1. The molecule has 1 aliphatic rings. The third kappa shape index (κ3) is 4.52. The Balaban J connectivity index is 1.74. The molecule has 1 atom stereocenters. The maximum absolute atomic E-state index is 13.0. The molecule has 1 aromatic carbocycles. The number of aromatic nitrogens is 2. The molecular weight excluding hydrogens is 379 g/mol. The van der Waals surface area contributed by atoms with Gasteiger partial charge in [-0.05, 0) is 44.7 Å². The average Bonchev–Trinajstić information content (AvgIpc) is 2.61. The lowest BCUT2D eigenvalue weighted by Gasteiger charge is -2.17. The summed E-state index contributed by atoms with van der Waals surface area (Å²) in [6.07, 6.45) is -1.26. The molecule has 1 heterocycles. The molecule has 0 saturated carbocycles. The lowest BCUT2D eigenvalue weighted by Crippen LogP contribution is -2.26. The van der Waals surface area contributed by atoms with Crippen LogP contribution in [0.15, 0.2) is 34.2 Å². The molecule has 3 rings (SSSR count). The van der Waals surface area contributed by atoms with Crippen molar-refractivity contribution < 1.29 is 18.0 Å². The van der Waals surface area contributed by atoms with Crippen LogP contribution < -0.4 is 10.9 Å². The van der Waals surface area contributed by atoms with Crippen molar-refractivity contribution in [1.82, 2.24) is 9.97 Å². The molecule has 1 amide bonds. The first-order valence-electron chi connectivity index (χ1n) is 8.51. The average molecular weight is 397 g/mol. The number of thioether (sulfide) groups is 1. The van der Waals surface area contributed by atoms with Crippen LogP contribution in [0.2, 0.25) is 0 Å². The number of H-pyrrole nitrogens is 1. The van der Waals surface area contributed by atoms with Crippen molar-refractivity contribution in [2.75, 3.05) is 5.32 Å². The molecule has 1 unspecified atom stereocenters. The number of carbonyl (C=O) groups excluding carboxylic acids is 1. The number of alkyl halides is 3. The maximum Gasteiger partial charge on any atom is 0.418 e. The molecule has 2 N–H and O–H groups in total. The van der Waals surface area contributed by atoms with Gasteiger partial charge in [0.1, 0.15) is 0 Å². The van der Waals surface area contributed by atoms with Crippen LogP contribution >= 0.6 is 11.8 Å². The van der Waals surface area contributed by atoms with Crippen molar-refractivity contribution in [3.05, 3.63) is 51.4 Å². The fourth-order valence-corrected chi connectivity index (χ4v) is 3.75. The first kappa shape index (κ1) is 19.5. The van der Waals surface area contributed by atoms with Crippen molar-refractivity contribution >= 4 is 23.4 Å². The minimum atomic E-state index is -4.56. The van der Waals surface area contributed by atoms with Gasteiger partial charge in [0.25, 0.3) is 5.56 Å². The number of halogens is 3. The zero-order chi connectivity index (χ0) is 19.6. The van der Waals surface area contributed by atoms with Gasteiger partial charge in [-0.15, -0.1) is 0 Å². The Hall–Kier alpha value is -2.29. The van der Waals surface area contributed by atoms with Crippen LogP contribution in [-0.2, 0) is 23.8 Å². The van der Waals surface area contributed by atoms with Crippen LogP contribution in [0, 0.1) is 0 Å². The number of carbonyl (C=O) groups is 1. The van der Waals surface area contributed by atoms with E-state index in [-0.39, 0.29) is 11.2 Å². The number of aryl methyl sites for hydroxylation is 1. The second-order valence-corrected chi connectivity index (χ2v) is 7.63. The predicted molar refractivity (Wildman–Crippen MR) is 96.9 cm³/mol. The van der Waals surface area contributed by atoms with Crippen molar-refractivity contribution in [2.24, 2.45) is 0 Å². The lowest BCUT2D eigenvalue weighted by atomic mass is 9.97. The number of fused-ring (bicyclic) bond motifs is 1. The summed E-state index contributed by atoms with van der Waals surface area (Å²) in [5.41, 5.74) is 0.00626. The topological polar surface area (TPSA) is 74.8 Å². The molecule has 0 bridgehead atoms. The van der Waals surface area contributed by atoms with E-state index in [4.69, 9.17) is 0 Å². The molecule has 27 heavy (non-hydrogen) atoms. The fraction of sp³-hybridized carbons (Fsp3) is 0.389. The van der Waals surface area contributed by atoms with E-state index in [0.717, 1.165) is 36.4 Å². The molecule has 0 fully saturated rings. The quantitative estimate of drug-likeness (QED) is 0.608. The number of nitrogens with zero attached hydrogens (tertiary/aromatic N) is 1. The Morgan fingerprint density at radius 2 is 1.96 bits per heavy atom. The molecule has 1 aromatic heterocycles. The Labute approximate surface area is 157 Å². The lowest BCUT2D eigenvalue weighted by molar-refractivity contribution is -0.137. The molecule has 1 aliphatic carbocycles. The van der Waals surface area contributed by atoms with Crippen LogP contribution in [0.5, 0.6) is 0 Å². The van der Waals surface area contributed by atoms with Crippen LogP contribution in [0.25, 0.3) is 0 Å². The minimum absolute atomic E-state index is 0.211. The molecule has 144 valence electrons. The zero-order valence-electron chi connectivity index (χ0n) is 14.5. The normalized spacial score (nSPS) is 15.1. The summed E-state index contributed by atoms with van der Waals surface area (Å²) in [4.78, 5) is 31.6. The molecule has 0 aliphatic heterocycles. The van der Waals surface area contributed by atoms with E-state index in [1.807, 2.05) is 0 Å². The van der Waals surface area contributed by atoms with Gasteiger partial charge in [0.2, 0.25) is 5.91 Å². The Kier molecular flexibility index (Phi) is 5.59. The summed E-state index contributed by atoms with van der Waals surface area (Å²) >= 11 is 1.01. The highest BCUT2D eigenvalue weighted by atomic mass is 32.2. The smallest absolute Gasteiger partial charge is 0.325 e. The van der Waals surface area contributed by atoms with E-state index in [1.165, 1.54) is 18.2 Å². The van der Waals surface area contributed by atoms with E-state index in [1.54, 1.807) is 6.92 Å².